The maximum atomic E-state index is 13.7. The number of urea groups is 1. The van der Waals surface area contributed by atoms with Gasteiger partial charge < -0.3 is 10.1 Å². The van der Waals surface area contributed by atoms with Gasteiger partial charge in [-0.05, 0) is 67.1 Å². The zero-order valence-electron chi connectivity index (χ0n) is 21.9. The van der Waals surface area contributed by atoms with Gasteiger partial charge in [-0.1, -0.05) is 66.2 Å². The van der Waals surface area contributed by atoms with Crippen LogP contribution in [-0.4, -0.2) is 30.4 Å². The molecule has 0 aliphatic carbocycles. The number of carbonyl (C=O) groups excluding carboxylic acids is 4. The number of benzene rings is 4. The number of rotatable bonds is 7. The van der Waals surface area contributed by atoms with Crippen molar-refractivity contribution in [3.8, 4) is 5.75 Å². The molecule has 1 fully saturated rings. The lowest BCUT2D eigenvalue weighted by Crippen LogP contribution is -2.57. The topological polar surface area (TPSA) is 96.0 Å². The molecule has 0 aromatic heterocycles. The summed E-state index contributed by atoms with van der Waals surface area (Å²) in [6.07, 6.45) is 1.32. The molecule has 1 heterocycles. The smallest absolute Gasteiger partial charge is 0.343 e. The molecule has 0 atom stereocenters. The van der Waals surface area contributed by atoms with Crippen LogP contribution in [0.3, 0.4) is 0 Å². The highest BCUT2D eigenvalue weighted by molar-refractivity contribution is 6.46. The number of hydrogen-bond acceptors (Lipinski definition) is 5. The molecule has 5 amide bonds. The third-order valence-corrected chi connectivity index (χ3v) is 6.56. The minimum atomic E-state index is -0.804. The molecule has 0 saturated carbocycles. The van der Waals surface area contributed by atoms with Crippen molar-refractivity contribution in [3.63, 3.8) is 0 Å². The number of barbiturate groups is 1. The molecule has 1 saturated heterocycles. The van der Waals surface area contributed by atoms with Crippen LogP contribution in [0, 0.1) is 6.92 Å². The predicted octanol–water partition coefficient (Wildman–Crippen LogP) is 6.25. The van der Waals surface area contributed by atoms with Gasteiger partial charge in [0.1, 0.15) is 11.3 Å². The van der Waals surface area contributed by atoms with Crippen LogP contribution in [0.1, 0.15) is 11.1 Å². The van der Waals surface area contributed by atoms with Crippen molar-refractivity contribution in [2.24, 2.45) is 0 Å². The molecular formula is C32H24ClN3O5. The second kappa shape index (κ2) is 11.9. The third-order valence-electron chi connectivity index (χ3n) is 6.33. The van der Waals surface area contributed by atoms with Crippen molar-refractivity contribution in [3.05, 3.63) is 125 Å². The largest absolute Gasteiger partial charge is 0.483 e. The summed E-state index contributed by atoms with van der Waals surface area (Å²) in [4.78, 5) is 55.4. The number of halogens is 1. The summed E-state index contributed by atoms with van der Waals surface area (Å²) >= 11 is 6.26. The number of amides is 5. The first-order chi connectivity index (χ1) is 19.8. The van der Waals surface area contributed by atoms with Crippen LogP contribution in [0.25, 0.3) is 6.08 Å². The first-order valence-electron chi connectivity index (χ1n) is 12.7. The standard InChI is InChI=1S/C32H24ClN3O5/c1-21-10-8-9-15-27(21)34-29(37)20-41-28-17-16-23(33)18-22(28)19-26-30(38)35(24-11-4-2-5-12-24)32(40)36(31(26)39)25-13-6-3-7-14-25/h2-19H,20H2,1H3,(H,34,37). The van der Waals surface area contributed by atoms with Gasteiger partial charge in [-0.3, -0.25) is 14.4 Å². The van der Waals surface area contributed by atoms with E-state index in [2.05, 4.69) is 5.32 Å². The van der Waals surface area contributed by atoms with E-state index >= 15 is 0 Å². The fourth-order valence-corrected chi connectivity index (χ4v) is 4.48. The lowest BCUT2D eigenvalue weighted by Gasteiger charge is -2.34. The number of imide groups is 2. The molecule has 41 heavy (non-hydrogen) atoms. The van der Waals surface area contributed by atoms with E-state index in [0.29, 0.717) is 22.1 Å². The monoisotopic (exact) mass is 565 g/mol. The van der Waals surface area contributed by atoms with Gasteiger partial charge in [0.2, 0.25) is 0 Å². The summed E-state index contributed by atoms with van der Waals surface area (Å²) in [5.41, 5.74) is 2.16. The fraction of sp³-hybridized carbons (Fsp3) is 0.0625. The quantitative estimate of drug-likeness (QED) is 0.211. The van der Waals surface area contributed by atoms with Gasteiger partial charge in [0.25, 0.3) is 17.7 Å². The molecule has 4 aromatic carbocycles. The average molecular weight is 566 g/mol. The first-order valence-corrected chi connectivity index (χ1v) is 13.0. The van der Waals surface area contributed by atoms with E-state index in [0.717, 1.165) is 15.4 Å². The SMILES string of the molecule is Cc1ccccc1NC(=O)COc1ccc(Cl)cc1C=C1C(=O)N(c2ccccc2)C(=O)N(c2ccccc2)C1=O. The molecule has 5 rings (SSSR count). The van der Waals surface area contributed by atoms with E-state index in [4.69, 9.17) is 16.3 Å². The zero-order chi connectivity index (χ0) is 28.9. The third kappa shape index (κ3) is 5.88. The summed E-state index contributed by atoms with van der Waals surface area (Å²) in [6.45, 7) is 1.54. The minimum Gasteiger partial charge on any atom is -0.483 e. The second-order valence-electron chi connectivity index (χ2n) is 9.13. The van der Waals surface area contributed by atoms with E-state index in [1.807, 2.05) is 25.1 Å². The Kier molecular flexibility index (Phi) is 7.94. The number of anilines is 3. The van der Waals surface area contributed by atoms with Crippen LogP contribution < -0.4 is 19.9 Å². The van der Waals surface area contributed by atoms with Gasteiger partial charge in [-0.25, -0.2) is 14.6 Å². The van der Waals surface area contributed by atoms with Crippen molar-refractivity contribution in [1.82, 2.24) is 0 Å². The number of para-hydroxylation sites is 3. The molecular weight excluding hydrogens is 542 g/mol. The van der Waals surface area contributed by atoms with E-state index in [1.54, 1.807) is 78.9 Å². The Morgan fingerprint density at radius 1 is 0.805 bits per heavy atom. The number of nitrogens with one attached hydrogen (secondary N) is 1. The van der Waals surface area contributed by atoms with Crippen molar-refractivity contribution >= 4 is 58.5 Å². The number of nitrogens with zero attached hydrogens (tertiary/aromatic N) is 2. The summed E-state index contributed by atoms with van der Waals surface area (Å²) < 4.78 is 5.79. The Balaban J connectivity index is 1.50. The molecule has 0 spiro atoms. The van der Waals surface area contributed by atoms with Gasteiger partial charge in [0, 0.05) is 16.3 Å². The number of carbonyl (C=O) groups is 4. The Morgan fingerprint density at radius 3 is 1.95 bits per heavy atom. The zero-order valence-corrected chi connectivity index (χ0v) is 22.7. The van der Waals surface area contributed by atoms with E-state index in [9.17, 15) is 19.2 Å². The molecule has 4 aromatic rings. The molecule has 0 radical (unpaired) electrons. The van der Waals surface area contributed by atoms with Crippen molar-refractivity contribution in [2.45, 2.75) is 6.92 Å². The Morgan fingerprint density at radius 2 is 1.37 bits per heavy atom. The van der Waals surface area contributed by atoms with Crippen LogP contribution in [0.2, 0.25) is 5.02 Å². The van der Waals surface area contributed by atoms with Crippen LogP contribution in [0.15, 0.2) is 109 Å². The summed E-state index contributed by atoms with van der Waals surface area (Å²) in [6, 6.07) is 27.8. The minimum absolute atomic E-state index is 0.219. The lowest BCUT2D eigenvalue weighted by molar-refractivity contribution is -0.121. The van der Waals surface area contributed by atoms with Crippen molar-refractivity contribution < 1.29 is 23.9 Å². The first kappa shape index (κ1) is 27.4. The highest BCUT2D eigenvalue weighted by Gasteiger charge is 2.43. The van der Waals surface area contributed by atoms with Gasteiger partial charge >= 0.3 is 6.03 Å². The van der Waals surface area contributed by atoms with E-state index in [1.165, 1.54) is 12.1 Å². The predicted molar refractivity (Wildman–Crippen MR) is 158 cm³/mol. The molecule has 1 aliphatic rings. The molecule has 8 nitrogen and oxygen atoms in total. The maximum absolute atomic E-state index is 13.7. The normalized spacial score (nSPS) is 13.3. The van der Waals surface area contributed by atoms with Gasteiger partial charge in [-0.15, -0.1) is 0 Å². The van der Waals surface area contributed by atoms with Crippen LogP contribution in [-0.2, 0) is 14.4 Å². The maximum Gasteiger partial charge on any atom is 0.343 e. The van der Waals surface area contributed by atoms with Gasteiger partial charge in [0.05, 0.1) is 11.4 Å². The fourth-order valence-electron chi connectivity index (χ4n) is 4.30. The number of ether oxygens (including phenoxy) is 1. The average Bonchev–Trinajstić information content (AvgIpc) is 2.97. The molecule has 0 bridgehead atoms. The number of aryl methyl sites for hydroxylation is 1. The molecule has 0 unspecified atom stereocenters. The summed E-state index contributed by atoms with van der Waals surface area (Å²) in [5, 5.41) is 3.11. The van der Waals surface area contributed by atoms with Crippen LogP contribution in [0.5, 0.6) is 5.75 Å². The Bertz CT molecular complexity index is 1610. The molecule has 204 valence electrons. The molecule has 1 N–H and O–H groups in total. The highest BCUT2D eigenvalue weighted by atomic mass is 35.5. The summed E-state index contributed by atoms with van der Waals surface area (Å²) in [7, 11) is 0. The van der Waals surface area contributed by atoms with Gasteiger partial charge in [-0.2, -0.15) is 0 Å². The summed E-state index contributed by atoms with van der Waals surface area (Å²) in [5.74, 6) is -1.78. The van der Waals surface area contributed by atoms with Gasteiger partial charge in [0.15, 0.2) is 6.61 Å². The van der Waals surface area contributed by atoms with Crippen LogP contribution in [0.4, 0.5) is 21.9 Å². The second-order valence-corrected chi connectivity index (χ2v) is 9.56. The molecule has 1 aliphatic heterocycles. The molecule has 9 heteroatoms. The Hall–Kier alpha value is -5.21. The van der Waals surface area contributed by atoms with E-state index in [-0.39, 0.29) is 23.5 Å². The van der Waals surface area contributed by atoms with Crippen molar-refractivity contribution in [1.29, 1.82) is 0 Å². The van der Waals surface area contributed by atoms with E-state index < -0.39 is 23.8 Å². The lowest BCUT2D eigenvalue weighted by atomic mass is 10.0. The number of hydrogen-bond donors (Lipinski definition) is 1. The van der Waals surface area contributed by atoms with Crippen LogP contribution >= 0.6 is 11.6 Å². The Labute approximate surface area is 241 Å². The highest BCUT2D eigenvalue weighted by Crippen LogP contribution is 2.32. The van der Waals surface area contributed by atoms with Crippen molar-refractivity contribution in [2.75, 3.05) is 21.7 Å².